The molecule has 1 fully saturated rings. The molecular formula is C20H18BrN3O2. The Labute approximate surface area is 160 Å². The molecule has 1 aliphatic rings. The zero-order chi connectivity index (χ0) is 17.9. The summed E-state index contributed by atoms with van der Waals surface area (Å²) in [6.45, 7) is 2.63. The number of carbonyl (C=O) groups excluding carboxylic acids is 1. The van der Waals surface area contributed by atoms with Crippen LogP contribution in [0, 0.1) is 0 Å². The number of halogens is 1. The molecule has 0 atom stereocenters. The second-order valence-electron chi connectivity index (χ2n) is 6.12. The molecule has 0 saturated carbocycles. The number of nitrogens with one attached hydrogen (secondary N) is 1. The molecule has 6 heteroatoms. The smallest absolute Gasteiger partial charge is 0.266 e. The van der Waals surface area contributed by atoms with Crippen molar-refractivity contribution in [3.05, 3.63) is 64.6 Å². The average Bonchev–Trinajstić information content (AvgIpc) is 2.68. The third-order valence-corrected chi connectivity index (χ3v) is 4.85. The van der Waals surface area contributed by atoms with Crippen molar-refractivity contribution in [2.24, 2.45) is 0 Å². The molecule has 1 saturated heterocycles. The summed E-state index contributed by atoms with van der Waals surface area (Å²) in [5.41, 5.74) is 6.16. The molecule has 5 nitrogen and oxygen atoms in total. The van der Waals surface area contributed by atoms with E-state index in [1.54, 1.807) is 0 Å². The standard InChI is InChI=1S/C20H18BrN3O2/c21-15-5-3-4-14(12-15)19-13-17(16-6-1-2-7-18(16)22-19)20(25)23-24-8-10-26-11-9-24/h1-7,12-13H,8-11H2,(H,23,25). The van der Waals surface area contributed by atoms with Gasteiger partial charge in [0.15, 0.2) is 0 Å². The lowest BCUT2D eigenvalue weighted by atomic mass is 10.0. The molecule has 3 aromatic rings. The number of rotatable bonds is 3. The maximum absolute atomic E-state index is 12.9. The number of morpholine rings is 1. The molecule has 0 bridgehead atoms. The van der Waals surface area contributed by atoms with Gasteiger partial charge in [-0.3, -0.25) is 10.2 Å². The topological polar surface area (TPSA) is 54.5 Å². The summed E-state index contributed by atoms with van der Waals surface area (Å²) in [6, 6.07) is 17.5. The predicted octanol–water partition coefficient (Wildman–Crippen LogP) is 3.64. The predicted molar refractivity (Wildman–Crippen MR) is 105 cm³/mol. The van der Waals surface area contributed by atoms with Gasteiger partial charge in [-0.25, -0.2) is 9.99 Å². The Kier molecular flexibility index (Phi) is 4.97. The van der Waals surface area contributed by atoms with Gasteiger partial charge in [0.05, 0.1) is 30.0 Å². The highest BCUT2D eigenvalue weighted by molar-refractivity contribution is 9.10. The second-order valence-corrected chi connectivity index (χ2v) is 7.04. The summed E-state index contributed by atoms with van der Waals surface area (Å²) >= 11 is 3.50. The number of hydrogen-bond acceptors (Lipinski definition) is 4. The van der Waals surface area contributed by atoms with E-state index in [-0.39, 0.29) is 5.91 Å². The summed E-state index contributed by atoms with van der Waals surface area (Å²) in [5.74, 6) is -0.123. The van der Waals surface area contributed by atoms with Gasteiger partial charge in [0, 0.05) is 28.5 Å². The number of benzene rings is 2. The molecule has 1 amide bonds. The lowest BCUT2D eigenvalue weighted by molar-refractivity contribution is 0.0127. The molecule has 0 unspecified atom stereocenters. The van der Waals surface area contributed by atoms with Crippen molar-refractivity contribution in [1.82, 2.24) is 15.4 Å². The highest BCUT2D eigenvalue weighted by atomic mass is 79.9. The quantitative estimate of drug-likeness (QED) is 0.714. The van der Waals surface area contributed by atoms with E-state index in [1.807, 2.05) is 59.6 Å². The van der Waals surface area contributed by atoms with Gasteiger partial charge >= 0.3 is 0 Å². The molecule has 0 aliphatic carbocycles. The van der Waals surface area contributed by atoms with E-state index < -0.39 is 0 Å². The number of ether oxygens (including phenoxy) is 1. The average molecular weight is 412 g/mol. The lowest BCUT2D eigenvalue weighted by Crippen LogP contribution is -2.48. The van der Waals surface area contributed by atoms with Crippen molar-refractivity contribution in [3.8, 4) is 11.3 Å². The fraction of sp³-hybridized carbons (Fsp3) is 0.200. The summed E-state index contributed by atoms with van der Waals surface area (Å²) in [4.78, 5) is 17.7. The Hall–Kier alpha value is -2.28. The third kappa shape index (κ3) is 3.62. The van der Waals surface area contributed by atoms with Crippen LogP contribution in [0.5, 0.6) is 0 Å². The van der Waals surface area contributed by atoms with Crippen molar-refractivity contribution in [2.75, 3.05) is 26.3 Å². The minimum atomic E-state index is -0.123. The van der Waals surface area contributed by atoms with Crippen LogP contribution in [0.1, 0.15) is 10.4 Å². The highest BCUT2D eigenvalue weighted by Crippen LogP contribution is 2.26. The van der Waals surface area contributed by atoms with Crippen LogP contribution in [0.3, 0.4) is 0 Å². The fourth-order valence-corrected chi connectivity index (χ4v) is 3.44. The first-order valence-corrected chi connectivity index (χ1v) is 9.29. The summed E-state index contributed by atoms with van der Waals surface area (Å²) in [6.07, 6.45) is 0. The van der Waals surface area contributed by atoms with Gasteiger partial charge in [-0.15, -0.1) is 0 Å². The Morgan fingerprint density at radius 3 is 2.69 bits per heavy atom. The lowest BCUT2D eigenvalue weighted by Gasteiger charge is -2.27. The molecule has 26 heavy (non-hydrogen) atoms. The van der Waals surface area contributed by atoms with Gasteiger partial charge in [0.1, 0.15) is 0 Å². The number of fused-ring (bicyclic) bond motifs is 1. The van der Waals surface area contributed by atoms with Crippen LogP contribution in [-0.4, -0.2) is 42.2 Å². The van der Waals surface area contributed by atoms with E-state index in [1.165, 1.54) is 0 Å². The normalized spacial score (nSPS) is 15.1. The van der Waals surface area contributed by atoms with Gasteiger partial charge in [-0.1, -0.05) is 46.3 Å². The van der Waals surface area contributed by atoms with E-state index in [4.69, 9.17) is 9.72 Å². The van der Waals surface area contributed by atoms with Crippen molar-refractivity contribution in [1.29, 1.82) is 0 Å². The fourth-order valence-electron chi connectivity index (χ4n) is 3.04. The summed E-state index contributed by atoms with van der Waals surface area (Å²) in [5, 5.41) is 2.75. The molecule has 2 aromatic carbocycles. The van der Waals surface area contributed by atoms with E-state index in [0.29, 0.717) is 31.9 Å². The Bertz CT molecular complexity index is 955. The Morgan fingerprint density at radius 1 is 1.08 bits per heavy atom. The molecular weight excluding hydrogens is 394 g/mol. The maximum atomic E-state index is 12.9. The second kappa shape index (κ2) is 7.53. The molecule has 0 spiro atoms. The van der Waals surface area contributed by atoms with E-state index in [2.05, 4.69) is 21.4 Å². The number of hydrogen-bond donors (Lipinski definition) is 1. The summed E-state index contributed by atoms with van der Waals surface area (Å²) in [7, 11) is 0. The number of aromatic nitrogens is 1. The highest BCUT2D eigenvalue weighted by Gasteiger charge is 2.18. The number of carbonyl (C=O) groups is 1. The first-order chi connectivity index (χ1) is 12.7. The Morgan fingerprint density at radius 2 is 1.88 bits per heavy atom. The third-order valence-electron chi connectivity index (χ3n) is 4.35. The SMILES string of the molecule is O=C(NN1CCOCC1)c1cc(-c2cccc(Br)c2)nc2ccccc12. The van der Waals surface area contributed by atoms with E-state index in [0.717, 1.165) is 26.6 Å². The largest absolute Gasteiger partial charge is 0.379 e. The molecule has 132 valence electrons. The molecule has 1 aliphatic heterocycles. The molecule has 0 radical (unpaired) electrons. The van der Waals surface area contributed by atoms with Gasteiger partial charge in [-0.05, 0) is 24.3 Å². The zero-order valence-corrected chi connectivity index (χ0v) is 15.7. The number of amides is 1. The van der Waals surface area contributed by atoms with E-state index in [9.17, 15) is 4.79 Å². The summed E-state index contributed by atoms with van der Waals surface area (Å²) < 4.78 is 6.31. The molecule has 2 heterocycles. The van der Waals surface area contributed by atoms with Gasteiger partial charge < -0.3 is 4.74 Å². The van der Waals surface area contributed by atoms with Crippen molar-refractivity contribution in [3.63, 3.8) is 0 Å². The van der Waals surface area contributed by atoms with Crippen LogP contribution < -0.4 is 5.43 Å². The first-order valence-electron chi connectivity index (χ1n) is 8.50. The van der Waals surface area contributed by atoms with Crippen molar-refractivity contribution >= 4 is 32.7 Å². The van der Waals surface area contributed by atoms with E-state index >= 15 is 0 Å². The molecule has 1 N–H and O–H groups in total. The van der Waals surface area contributed by atoms with Gasteiger partial charge in [0.2, 0.25) is 0 Å². The first kappa shape index (κ1) is 17.1. The van der Waals surface area contributed by atoms with Crippen LogP contribution in [-0.2, 0) is 4.74 Å². The maximum Gasteiger partial charge on any atom is 0.266 e. The molecule has 4 rings (SSSR count). The zero-order valence-electron chi connectivity index (χ0n) is 14.1. The van der Waals surface area contributed by atoms with Crippen LogP contribution in [0.2, 0.25) is 0 Å². The Balaban J connectivity index is 1.75. The molecule has 1 aromatic heterocycles. The van der Waals surface area contributed by atoms with Crippen molar-refractivity contribution in [2.45, 2.75) is 0 Å². The monoisotopic (exact) mass is 411 g/mol. The van der Waals surface area contributed by atoms with Crippen LogP contribution >= 0.6 is 15.9 Å². The number of nitrogens with zero attached hydrogens (tertiary/aromatic N) is 2. The number of pyridine rings is 1. The number of hydrazine groups is 1. The van der Waals surface area contributed by atoms with Crippen LogP contribution in [0.4, 0.5) is 0 Å². The van der Waals surface area contributed by atoms with Crippen molar-refractivity contribution < 1.29 is 9.53 Å². The number of para-hydroxylation sites is 1. The van der Waals surface area contributed by atoms with Crippen LogP contribution in [0.25, 0.3) is 22.2 Å². The minimum Gasteiger partial charge on any atom is -0.379 e. The van der Waals surface area contributed by atoms with Gasteiger partial charge in [0.25, 0.3) is 5.91 Å². The van der Waals surface area contributed by atoms with Gasteiger partial charge in [-0.2, -0.15) is 0 Å². The van der Waals surface area contributed by atoms with Crippen LogP contribution in [0.15, 0.2) is 59.1 Å². The minimum absolute atomic E-state index is 0.123.